The van der Waals surface area contributed by atoms with Crippen LogP contribution in [0.15, 0.2) is 52.9 Å². The maximum Gasteiger partial charge on any atom is 0.313 e. The van der Waals surface area contributed by atoms with Gasteiger partial charge in [0.1, 0.15) is 17.4 Å². The molecular formula is C17H13F2NO5S. The van der Waals surface area contributed by atoms with Gasteiger partial charge in [0.25, 0.3) is 0 Å². The van der Waals surface area contributed by atoms with Crippen molar-refractivity contribution in [3.63, 3.8) is 0 Å². The van der Waals surface area contributed by atoms with Gasteiger partial charge in [-0.3, -0.25) is 0 Å². The number of rotatable bonds is 5. The molecule has 6 nitrogen and oxygen atoms in total. The standard InChI is InChI=1S/C17H13F2NO5S/c18-11-6-7-12(13(19)8-11)15-14(21)16(17(20)24-15)25-26(22,23)9-10-4-2-1-3-5-10/h1-8,21H,9,20H2. The van der Waals surface area contributed by atoms with Crippen molar-refractivity contribution in [2.24, 2.45) is 0 Å². The molecular weight excluding hydrogens is 368 g/mol. The van der Waals surface area contributed by atoms with E-state index in [4.69, 9.17) is 14.3 Å². The lowest BCUT2D eigenvalue weighted by Crippen LogP contribution is -2.12. The summed E-state index contributed by atoms with van der Waals surface area (Å²) in [6.07, 6.45) is 0. The van der Waals surface area contributed by atoms with E-state index in [-0.39, 0.29) is 5.56 Å². The Morgan fingerprint density at radius 3 is 2.46 bits per heavy atom. The van der Waals surface area contributed by atoms with Gasteiger partial charge >= 0.3 is 10.1 Å². The number of anilines is 1. The third-order valence-corrected chi connectivity index (χ3v) is 4.55. The van der Waals surface area contributed by atoms with Gasteiger partial charge < -0.3 is 19.4 Å². The highest BCUT2D eigenvalue weighted by molar-refractivity contribution is 7.86. The second-order valence-electron chi connectivity index (χ2n) is 5.37. The average molecular weight is 381 g/mol. The quantitative estimate of drug-likeness (QED) is 0.657. The minimum absolute atomic E-state index is 0.300. The monoisotopic (exact) mass is 381 g/mol. The first-order chi connectivity index (χ1) is 12.3. The molecule has 0 unspecified atom stereocenters. The van der Waals surface area contributed by atoms with Crippen LogP contribution in [-0.2, 0) is 15.9 Å². The molecule has 136 valence electrons. The van der Waals surface area contributed by atoms with Gasteiger partial charge in [-0.25, -0.2) is 8.78 Å². The first kappa shape index (κ1) is 17.7. The van der Waals surface area contributed by atoms with Crippen LogP contribution in [0.2, 0.25) is 0 Å². The van der Waals surface area contributed by atoms with E-state index in [1.807, 2.05) is 0 Å². The summed E-state index contributed by atoms with van der Waals surface area (Å²) < 4.78 is 61.1. The van der Waals surface area contributed by atoms with E-state index in [1.165, 1.54) is 0 Å². The lowest BCUT2D eigenvalue weighted by Gasteiger charge is -2.06. The van der Waals surface area contributed by atoms with Crippen molar-refractivity contribution in [3.05, 3.63) is 65.7 Å². The molecule has 1 heterocycles. The number of halogens is 2. The van der Waals surface area contributed by atoms with Crippen LogP contribution >= 0.6 is 0 Å². The fraction of sp³-hybridized carbons (Fsp3) is 0.0588. The molecule has 1 aromatic heterocycles. The van der Waals surface area contributed by atoms with Crippen molar-refractivity contribution >= 4 is 16.0 Å². The zero-order valence-electron chi connectivity index (χ0n) is 13.1. The van der Waals surface area contributed by atoms with Gasteiger partial charge in [-0.1, -0.05) is 30.3 Å². The summed E-state index contributed by atoms with van der Waals surface area (Å²) in [6, 6.07) is 10.8. The summed E-state index contributed by atoms with van der Waals surface area (Å²) in [5.74, 6) is -4.80. The van der Waals surface area contributed by atoms with Gasteiger partial charge in [-0.2, -0.15) is 8.42 Å². The Hall–Kier alpha value is -3.07. The highest BCUT2D eigenvalue weighted by atomic mass is 32.2. The number of nitrogens with two attached hydrogens (primary N) is 1. The molecule has 0 radical (unpaired) electrons. The zero-order valence-corrected chi connectivity index (χ0v) is 14.0. The van der Waals surface area contributed by atoms with Crippen molar-refractivity contribution in [1.82, 2.24) is 0 Å². The number of hydrogen-bond donors (Lipinski definition) is 2. The van der Waals surface area contributed by atoms with Crippen LogP contribution in [0.5, 0.6) is 11.5 Å². The van der Waals surface area contributed by atoms with Crippen LogP contribution in [0.3, 0.4) is 0 Å². The topological polar surface area (TPSA) is 103 Å². The van der Waals surface area contributed by atoms with Crippen LogP contribution in [-0.4, -0.2) is 13.5 Å². The molecule has 0 aliphatic heterocycles. The predicted octanol–water partition coefficient (Wildman–Crippen LogP) is 3.42. The normalized spacial score (nSPS) is 11.5. The van der Waals surface area contributed by atoms with Crippen LogP contribution in [0.25, 0.3) is 11.3 Å². The summed E-state index contributed by atoms with van der Waals surface area (Å²) in [5.41, 5.74) is 5.70. The Balaban J connectivity index is 1.93. The van der Waals surface area contributed by atoms with Crippen LogP contribution in [0, 0.1) is 11.6 Å². The Morgan fingerprint density at radius 2 is 1.81 bits per heavy atom. The number of aromatic hydroxyl groups is 1. The van der Waals surface area contributed by atoms with E-state index in [2.05, 4.69) is 0 Å². The molecule has 3 aromatic rings. The molecule has 0 bridgehead atoms. The third kappa shape index (κ3) is 3.62. The van der Waals surface area contributed by atoms with E-state index in [9.17, 15) is 22.3 Å². The Bertz CT molecular complexity index is 1050. The number of furan rings is 1. The third-order valence-electron chi connectivity index (χ3n) is 3.44. The maximum atomic E-state index is 13.9. The van der Waals surface area contributed by atoms with E-state index in [0.717, 1.165) is 12.1 Å². The summed E-state index contributed by atoms with van der Waals surface area (Å²) in [7, 11) is -4.17. The van der Waals surface area contributed by atoms with Crippen LogP contribution < -0.4 is 9.92 Å². The van der Waals surface area contributed by atoms with Gasteiger partial charge in [0.2, 0.25) is 17.4 Å². The molecule has 0 aliphatic rings. The average Bonchev–Trinajstić information content (AvgIpc) is 2.83. The lowest BCUT2D eigenvalue weighted by molar-refractivity contribution is 0.432. The van der Waals surface area contributed by atoms with E-state index < -0.39 is 50.6 Å². The number of benzene rings is 2. The minimum Gasteiger partial charge on any atom is -0.501 e. The van der Waals surface area contributed by atoms with Crippen molar-refractivity contribution in [2.45, 2.75) is 5.75 Å². The number of hydrogen-bond acceptors (Lipinski definition) is 6. The highest BCUT2D eigenvalue weighted by Crippen LogP contribution is 2.46. The molecule has 2 aromatic carbocycles. The van der Waals surface area contributed by atoms with Crippen molar-refractivity contribution in [3.8, 4) is 22.8 Å². The van der Waals surface area contributed by atoms with Gasteiger partial charge in [-0.05, 0) is 17.7 Å². The van der Waals surface area contributed by atoms with Gasteiger partial charge in [0.15, 0.2) is 5.76 Å². The van der Waals surface area contributed by atoms with E-state index >= 15 is 0 Å². The van der Waals surface area contributed by atoms with Crippen LogP contribution in [0.4, 0.5) is 14.7 Å². The summed E-state index contributed by atoms with van der Waals surface area (Å²) in [4.78, 5) is 0. The Kier molecular flexibility index (Phi) is 4.56. The Labute approximate surface area is 147 Å². The number of nitrogen functional groups attached to an aromatic ring is 1. The van der Waals surface area contributed by atoms with Gasteiger partial charge in [0.05, 0.1) is 5.56 Å². The SMILES string of the molecule is Nc1oc(-c2ccc(F)cc2F)c(O)c1OS(=O)(=O)Cc1ccccc1. The van der Waals surface area contributed by atoms with Crippen molar-refractivity contribution in [1.29, 1.82) is 0 Å². The lowest BCUT2D eigenvalue weighted by atomic mass is 10.1. The molecule has 3 N–H and O–H groups in total. The van der Waals surface area contributed by atoms with Gasteiger partial charge in [-0.15, -0.1) is 0 Å². The fourth-order valence-electron chi connectivity index (χ4n) is 2.30. The largest absolute Gasteiger partial charge is 0.501 e. The first-order valence-corrected chi connectivity index (χ1v) is 8.87. The van der Waals surface area contributed by atoms with E-state index in [1.54, 1.807) is 30.3 Å². The summed E-state index contributed by atoms with van der Waals surface area (Å²) in [6.45, 7) is 0. The van der Waals surface area contributed by atoms with E-state index in [0.29, 0.717) is 11.6 Å². The Morgan fingerprint density at radius 1 is 1.12 bits per heavy atom. The van der Waals surface area contributed by atoms with Crippen molar-refractivity contribution < 1.29 is 30.9 Å². The summed E-state index contributed by atoms with van der Waals surface area (Å²) >= 11 is 0. The molecule has 0 saturated carbocycles. The molecule has 26 heavy (non-hydrogen) atoms. The minimum atomic E-state index is -4.17. The predicted molar refractivity (Wildman–Crippen MR) is 89.8 cm³/mol. The second-order valence-corrected chi connectivity index (χ2v) is 6.94. The smallest absolute Gasteiger partial charge is 0.313 e. The summed E-state index contributed by atoms with van der Waals surface area (Å²) in [5, 5.41) is 10.2. The first-order valence-electron chi connectivity index (χ1n) is 7.29. The zero-order chi connectivity index (χ0) is 18.9. The van der Waals surface area contributed by atoms with Gasteiger partial charge in [0, 0.05) is 6.07 Å². The molecule has 0 fully saturated rings. The molecule has 0 saturated heterocycles. The molecule has 0 aliphatic carbocycles. The van der Waals surface area contributed by atoms with Crippen LogP contribution in [0.1, 0.15) is 5.56 Å². The second kappa shape index (κ2) is 6.68. The fourth-order valence-corrected chi connectivity index (χ4v) is 3.37. The van der Waals surface area contributed by atoms with Crippen molar-refractivity contribution in [2.75, 3.05) is 5.73 Å². The maximum absolute atomic E-state index is 13.9. The highest BCUT2D eigenvalue weighted by Gasteiger charge is 2.27. The molecule has 0 spiro atoms. The molecule has 0 amide bonds. The molecule has 3 rings (SSSR count). The molecule has 9 heteroatoms. The molecule has 0 atom stereocenters.